The molecule has 148 valence electrons. The van der Waals surface area contributed by atoms with Crippen LogP contribution in [0.15, 0.2) is 42.5 Å². The lowest BCUT2D eigenvalue weighted by Gasteiger charge is -2.31. The third-order valence-corrected chi connectivity index (χ3v) is 5.33. The number of methoxy groups -OCH3 is 1. The van der Waals surface area contributed by atoms with Crippen molar-refractivity contribution in [2.45, 2.75) is 19.4 Å². The van der Waals surface area contributed by atoms with Crippen molar-refractivity contribution >= 4 is 28.9 Å². The maximum atomic E-state index is 12.7. The number of nitro groups is 1. The first-order chi connectivity index (χ1) is 13.5. The van der Waals surface area contributed by atoms with Crippen LogP contribution in [0.3, 0.4) is 0 Å². The summed E-state index contributed by atoms with van der Waals surface area (Å²) in [4.78, 5) is 25.4. The molecule has 0 aromatic heterocycles. The van der Waals surface area contributed by atoms with Crippen LogP contribution < -0.4 is 10.1 Å². The summed E-state index contributed by atoms with van der Waals surface area (Å²) in [7, 11) is 1.46. The Labute approximate surface area is 168 Å². The highest BCUT2D eigenvalue weighted by Crippen LogP contribution is 2.30. The smallest absolute Gasteiger partial charge is 0.271 e. The van der Waals surface area contributed by atoms with Gasteiger partial charge in [0.05, 0.1) is 17.7 Å². The number of likely N-dealkylation sites (tertiary alicyclic amines) is 1. The van der Waals surface area contributed by atoms with Crippen LogP contribution in [-0.2, 0) is 11.3 Å². The van der Waals surface area contributed by atoms with Gasteiger partial charge in [-0.2, -0.15) is 0 Å². The normalized spacial score (nSPS) is 15.2. The van der Waals surface area contributed by atoms with Crippen molar-refractivity contribution in [3.8, 4) is 5.75 Å². The molecule has 3 rings (SSSR count). The van der Waals surface area contributed by atoms with E-state index in [9.17, 15) is 14.9 Å². The van der Waals surface area contributed by atoms with Crippen LogP contribution in [0.5, 0.6) is 5.75 Å². The number of nitrogens with one attached hydrogen (secondary N) is 1. The maximum Gasteiger partial charge on any atom is 0.271 e. The van der Waals surface area contributed by atoms with Gasteiger partial charge < -0.3 is 10.1 Å². The number of carbonyl (C=O) groups excluding carboxylic acids is 1. The summed E-state index contributed by atoms with van der Waals surface area (Å²) in [6, 6.07) is 11.9. The molecule has 1 aliphatic rings. The molecule has 0 atom stereocenters. The number of nitro benzene ring substituents is 1. The predicted octanol–water partition coefficient (Wildman–Crippen LogP) is 4.11. The molecule has 0 bridgehead atoms. The third kappa shape index (κ3) is 4.79. The van der Waals surface area contributed by atoms with E-state index in [4.69, 9.17) is 16.3 Å². The van der Waals surface area contributed by atoms with Crippen LogP contribution in [0.25, 0.3) is 0 Å². The SMILES string of the molecule is COc1ccc([N+](=O)[O-])cc1NC(=O)C1CCN(Cc2ccccc2Cl)CC1. The number of amides is 1. The van der Waals surface area contributed by atoms with Crippen molar-refractivity contribution in [2.75, 3.05) is 25.5 Å². The number of non-ortho nitro benzene ring substituents is 1. The van der Waals surface area contributed by atoms with Gasteiger partial charge in [-0.3, -0.25) is 19.8 Å². The molecule has 2 aromatic carbocycles. The van der Waals surface area contributed by atoms with Crippen LogP contribution in [0.4, 0.5) is 11.4 Å². The zero-order chi connectivity index (χ0) is 20.1. The molecule has 1 fully saturated rings. The van der Waals surface area contributed by atoms with Gasteiger partial charge in [0.2, 0.25) is 5.91 Å². The van der Waals surface area contributed by atoms with E-state index in [1.54, 1.807) is 0 Å². The Morgan fingerprint density at radius 2 is 2.00 bits per heavy atom. The fourth-order valence-electron chi connectivity index (χ4n) is 3.36. The third-order valence-electron chi connectivity index (χ3n) is 4.96. The first-order valence-corrected chi connectivity index (χ1v) is 9.44. The number of nitrogens with zero attached hydrogens (tertiary/aromatic N) is 2. The summed E-state index contributed by atoms with van der Waals surface area (Å²) < 4.78 is 5.20. The van der Waals surface area contributed by atoms with Crippen molar-refractivity contribution in [1.82, 2.24) is 4.90 Å². The van der Waals surface area contributed by atoms with E-state index in [1.807, 2.05) is 24.3 Å². The van der Waals surface area contributed by atoms with Gasteiger partial charge in [0, 0.05) is 29.6 Å². The Bertz CT molecular complexity index is 866. The lowest BCUT2D eigenvalue weighted by atomic mass is 9.95. The number of carbonyl (C=O) groups is 1. The molecule has 7 nitrogen and oxygen atoms in total. The second kappa shape index (κ2) is 9.03. The highest BCUT2D eigenvalue weighted by molar-refractivity contribution is 6.31. The molecule has 0 spiro atoms. The Morgan fingerprint density at radius 3 is 2.64 bits per heavy atom. The quantitative estimate of drug-likeness (QED) is 0.579. The Hall–Kier alpha value is -2.64. The molecular weight excluding hydrogens is 382 g/mol. The molecule has 1 saturated heterocycles. The number of halogens is 1. The fourth-order valence-corrected chi connectivity index (χ4v) is 3.56. The second-order valence-corrected chi connectivity index (χ2v) is 7.18. The average molecular weight is 404 g/mol. The highest BCUT2D eigenvalue weighted by Gasteiger charge is 2.26. The minimum absolute atomic E-state index is 0.0920. The number of rotatable bonds is 6. The second-order valence-electron chi connectivity index (χ2n) is 6.77. The van der Waals surface area contributed by atoms with Crippen molar-refractivity contribution in [3.05, 3.63) is 63.2 Å². The Balaban J connectivity index is 1.59. The van der Waals surface area contributed by atoms with Crippen LogP contribution in [0.2, 0.25) is 5.02 Å². The van der Waals surface area contributed by atoms with Crippen molar-refractivity contribution < 1.29 is 14.5 Å². The lowest BCUT2D eigenvalue weighted by Crippen LogP contribution is -2.37. The number of anilines is 1. The summed E-state index contributed by atoms with van der Waals surface area (Å²) >= 11 is 6.23. The van der Waals surface area contributed by atoms with E-state index in [2.05, 4.69) is 10.2 Å². The number of hydrogen-bond donors (Lipinski definition) is 1. The first kappa shape index (κ1) is 20.1. The van der Waals surface area contributed by atoms with Crippen molar-refractivity contribution in [1.29, 1.82) is 0 Å². The van der Waals surface area contributed by atoms with Crippen molar-refractivity contribution in [3.63, 3.8) is 0 Å². The molecule has 0 radical (unpaired) electrons. The van der Waals surface area contributed by atoms with E-state index in [0.717, 1.165) is 30.2 Å². The summed E-state index contributed by atoms with van der Waals surface area (Å²) in [6.07, 6.45) is 1.43. The monoisotopic (exact) mass is 403 g/mol. The molecule has 0 saturated carbocycles. The van der Waals surface area contributed by atoms with E-state index in [0.29, 0.717) is 24.3 Å². The lowest BCUT2D eigenvalue weighted by molar-refractivity contribution is -0.384. The predicted molar refractivity (Wildman–Crippen MR) is 108 cm³/mol. The summed E-state index contributed by atoms with van der Waals surface area (Å²) in [5.74, 6) is 0.109. The molecule has 1 aliphatic heterocycles. The highest BCUT2D eigenvalue weighted by atomic mass is 35.5. The molecular formula is C20H22ClN3O4. The summed E-state index contributed by atoms with van der Waals surface area (Å²) in [5, 5.41) is 14.5. The zero-order valence-corrected chi connectivity index (χ0v) is 16.3. The van der Waals surface area contributed by atoms with Crippen LogP contribution in [-0.4, -0.2) is 35.9 Å². The largest absolute Gasteiger partial charge is 0.495 e. The van der Waals surface area contributed by atoms with E-state index < -0.39 is 4.92 Å². The van der Waals surface area contributed by atoms with E-state index in [-0.39, 0.29) is 17.5 Å². The molecule has 2 aromatic rings. The van der Waals surface area contributed by atoms with Gasteiger partial charge in [-0.05, 0) is 43.6 Å². The summed E-state index contributed by atoms with van der Waals surface area (Å²) in [6.45, 7) is 2.33. The standard InChI is InChI=1S/C20H22ClN3O4/c1-28-19-7-6-16(24(26)27)12-18(19)22-20(25)14-8-10-23(11-9-14)13-15-4-2-3-5-17(15)21/h2-7,12,14H,8-11,13H2,1H3,(H,22,25). The van der Waals surface area contributed by atoms with Gasteiger partial charge in [0.25, 0.3) is 5.69 Å². The van der Waals surface area contributed by atoms with E-state index >= 15 is 0 Å². The molecule has 1 amide bonds. The minimum atomic E-state index is -0.498. The first-order valence-electron chi connectivity index (χ1n) is 9.07. The molecule has 0 aliphatic carbocycles. The average Bonchev–Trinajstić information content (AvgIpc) is 2.70. The molecule has 28 heavy (non-hydrogen) atoms. The van der Waals surface area contributed by atoms with Gasteiger partial charge in [0.15, 0.2) is 0 Å². The number of hydrogen-bond acceptors (Lipinski definition) is 5. The van der Waals surface area contributed by atoms with Crippen LogP contribution >= 0.6 is 11.6 Å². The van der Waals surface area contributed by atoms with Gasteiger partial charge in [-0.15, -0.1) is 0 Å². The van der Waals surface area contributed by atoms with Crippen molar-refractivity contribution in [2.24, 2.45) is 5.92 Å². The van der Waals surface area contributed by atoms with Gasteiger partial charge >= 0.3 is 0 Å². The molecule has 1 N–H and O–H groups in total. The summed E-state index contributed by atoms with van der Waals surface area (Å²) in [5.41, 5.74) is 1.30. The van der Waals surface area contributed by atoms with Crippen LogP contribution in [0, 0.1) is 16.0 Å². The molecule has 8 heteroatoms. The Morgan fingerprint density at radius 1 is 1.29 bits per heavy atom. The molecule has 1 heterocycles. The maximum absolute atomic E-state index is 12.7. The zero-order valence-electron chi connectivity index (χ0n) is 15.6. The minimum Gasteiger partial charge on any atom is -0.495 e. The Kier molecular flexibility index (Phi) is 6.49. The number of piperidine rings is 1. The van der Waals surface area contributed by atoms with Gasteiger partial charge in [-0.1, -0.05) is 29.8 Å². The topological polar surface area (TPSA) is 84.7 Å². The van der Waals surface area contributed by atoms with Gasteiger partial charge in [0.1, 0.15) is 5.75 Å². The van der Waals surface area contributed by atoms with Gasteiger partial charge in [-0.25, -0.2) is 0 Å². The fraction of sp³-hybridized carbons (Fsp3) is 0.350. The number of benzene rings is 2. The number of ether oxygens (including phenoxy) is 1. The molecule has 0 unspecified atom stereocenters. The van der Waals surface area contributed by atoms with E-state index in [1.165, 1.54) is 25.3 Å². The van der Waals surface area contributed by atoms with Crippen LogP contribution in [0.1, 0.15) is 18.4 Å².